The molecule has 15 heavy (non-hydrogen) atoms. The summed E-state index contributed by atoms with van der Waals surface area (Å²) in [6, 6.07) is 16.7. The zero-order chi connectivity index (χ0) is 10.7. The van der Waals surface area contributed by atoms with Crippen LogP contribution < -0.4 is 0 Å². The lowest BCUT2D eigenvalue weighted by molar-refractivity contribution is 0.537. The Morgan fingerprint density at radius 2 is 1.33 bits per heavy atom. The van der Waals surface area contributed by atoms with Gasteiger partial charge in [-0.15, -0.1) is 0 Å². The maximum absolute atomic E-state index is 10.6. The molecule has 0 fully saturated rings. The molecular weight excluding hydrogens is 208 g/mol. The monoisotopic (exact) mass is 217 g/mol. The first-order chi connectivity index (χ1) is 7.27. The van der Waals surface area contributed by atoms with Gasteiger partial charge in [0.25, 0.3) is 0 Å². The van der Waals surface area contributed by atoms with Crippen molar-refractivity contribution in [3.8, 4) is 11.1 Å². The summed E-state index contributed by atoms with van der Waals surface area (Å²) >= 11 is -2.14. The maximum Gasteiger partial charge on any atom is 0.0249 e. The quantitative estimate of drug-likeness (QED) is 0.725. The normalized spacial score (nSPS) is 12.3. The van der Waals surface area contributed by atoms with Gasteiger partial charge in [0.2, 0.25) is 0 Å². The molecule has 0 amide bonds. The summed E-state index contributed by atoms with van der Waals surface area (Å²) in [7, 11) is 0. The van der Waals surface area contributed by atoms with E-state index < -0.39 is 11.1 Å². The third-order valence-electron chi connectivity index (χ3n) is 2.15. The van der Waals surface area contributed by atoms with Crippen LogP contribution >= 0.6 is 0 Å². The lowest BCUT2D eigenvalue weighted by atomic mass is 10.1. The molecule has 0 bridgehead atoms. The summed E-state index contributed by atoms with van der Waals surface area (Å²) in [4.78, 5) is 0.315. The van der Waals surface area contributed by atoms with Crippen molar-refractivity contribution < 1.29 is 8.76 Å². The smallest absolute Gasteiger partial charge is 0.0249 e. The molecule has 3 heteroatoms. The van der Waals surface area contributed by atoms with Gasteiger partial charge in [-0.25, -0.2) is 0 Å². The van der Waals surface area contributed by atoms with Gasteiger partial charge in [-0.1, -0.05) is 42.5 Å². The summed E-state index contributed by atoms with van der Waals surface area (Å²) in [6.45, 7) is 0. The van der Waals surface area contributed by atoms with Crippen LogP contribution in [0.15, 0.2) is 59.5 Å². The first-order valence-electron chi connectivity index (χ1n) is 4.52. The highest BCUT2D eigenvalue weighted by Gasteiger charge is 1.96. The van der Waals surface area contributed by atoms with Crippen LogP contribution in [0, 0.1) is 0 Å². The van der Waals surface area contributed by atoms with Gasteiger partial charge in [0.05, 0.1) is 0 Å². The van der Waals surface area contributed by atoms with Crippen molar-refractivity contribution in [2.75, 3.05) is 0 Å². The molecule has 0 N–H and O–H groups in total. The van der Waals surface area contributed by atoms with Crippen LogP contribution in [0.1, 0.15) is 0 Å². The molecule has 0 aromatic heterocycles. The minimum Gasteiger partial charge on any atom is -0.768 e. The van der Waals surface area contributed by atoms with Crippen LogP contribution in [0.25, 0.3) is 11.1 Å². The molecule has 1 atom stereocenters. The summed E-state index contributed by atoms with van der Waals surface area (Å²) in [5.41, 5.74) is 2.10. The Bertz CT molecular complexity index is 463. The van der Waals surface area contributed by atoms with E-state index in [1.165, 1.54) is 0 Å². The molecule has 76 valence electrons. The Hall–Kier alpha value is -1.45. The van der Waals surface area contributed by atoms with Gasteiger partial charge in [0.1, 0.15) is 0 Å². The molecule has 2 aromatic carbocycles. The molecule has 2 rings (SSSR count). The Labute approximate surface area is 90.9 Å². The predicted octanol–water partition coefficient (Wildman–Crippen LogP) is 2.59. The molecule has 0 saturated carbocycles. The Morgan fingerprint density at radius 3 is 1.87 bits per heavy atom. The standard InChI is InChI=1S/C12H10O2S/c13-15(14)12-8-6-11(7-9-12)10-4-2-1-3-5-10/h1-9H,(H,13,14)/p-1. The molecule has 1 unspecified atom stereocenters. The lowest BCUT2D eigenvalue weighted by Gasteiger charge is -2.06. The van der Waals surface area contributed by atoms with E-state index in [1.807, 2.05) is 30.3 Å². The van der Waals surface area contributed by atoms with Gasteiger partial charge >= 0.3 is 0 Å². The summed E-state index contributed by atoms with van der Waals surface area (Å²) in [5.74, 6) is 0. The van der Waals surface area contributed by atoms with E-state index in [9.17, 15) is 8.76 Å². The molecule has 0 heterocycles. The fourth-order valence-corrected chi connectivity index (χ4v) is 1.75. The summed E-state index contributed by atoms with van der Waals surface area (Å²) in [5, 5.41) is 0. The van der Waals surface area contributed by atoms with E-state index in [0.717, 1.165) is 11.1 Å². The second kappa shape index (κ2) is 4.38. The van der Waals surface area contributed by atoms with Crippen LogP contribution in [0.5, 0.6) is 0 Å². The van der Waals surface area contributed by atoms with Crippen molar-refractivity contribution in [2.24, 2.45) is 0 Å². The van der Waals surface area contributed by atoms with Gasteiger partial charge in [-0.05, 0) is 34.3 Å². The molecule has 0 radical (unpaired) electrons. The lowest BCUT2D eigenvalue weighted by Crippen LogP contribution is -1.87. The molecule has 2 aromatic rings. The summed E-state index contributed by atoms with van der Waals surface area (Å²) < 4.78 is 21.3. The zero-order valence-corrected chi connectivity index (χ0v) is 8.74. The molecule has 0 aliphatic heterocycles. The molecule has 0 aliphatic carbocycles. The van der Waals surface area contributed by atoms with Crippen molar-refractivity contribution in [1.82, 2.24) is 0 Å². The summed E-state index contributed by atoms with van der Waals surface area (Å²) in [6.07, 6.45) is 0. The van der Waals surface area contributed by atoms with Crippen molar-refractivity contribution in [3.05, 3.63) is 54.6 Å². The van der Waals surface area contributed by atoms with Gasteiger partial charge in [-0.3, -0.25) is 4.21 Å². The third kappa shape index (κ3) is 2.32. The van der Waals surface area contributed by atoms with Crippen LogP contribution in [-0.2, 0) is 11.1 Å². The highest BCUT2D eigenvalue weighted by molar-refractivity contribution is 7.79. The molecule has 0 spiro atoms. The zero-order valence-electron chi connectivity index (χ0n) is 7.92. The Kier molecular flexibility index (Phi) is 2.94. The Morgan fingerprint density at radius 1 is 0.800 bits per heavy atom. The average molecular weight is 217 g/mol. The Balaban J connectivity index is 2.36. The van der Waals surface area contributed by atoms with Crippen molar-refractivity contribution in [2.45, 2.75) is 4.90 Å². The molecule has 2 nitrogen and oxygen atoms in total. The van der Waals surface area contributed by atoms with E-state index in [-0.39, 0.29) is 0 Å². The van der Waals surface area contributed by atoms with Crippen LogP contribution in [-0.4, -0.2) is 8.76 Å². The van der Waals surface area contributed by atoms with Gasteiger partial charge < -0.3 is 4.55 Å². The first kappa shape index (κ1) is 10.1. The second-order valence-electron chi connectivity index (χ2n) is 3.13. The second-order valence-corrected chi connectivity index (χ2v) is 4.07. The SMILES string of the molecule is O=S([O-])c1ccc(-c2ccccc2)cc1. The van der Waals surface area contributed by atoms with Crippen LogP contribution in [0.2, 0.25) is 0 Å². The fraction of sp³-hybridized carbons (Fsp3) is 0. The predicted molar refractivity (Wildman–Crippen MR) is 59.1 cm³/mol. The minimum atomic E-state index is -2.14. The average Bonchev–Trinajstić information content (AvgIpc) is 2.30. The van der Waals surface area contributed by atoms with Crippen molar-refractivity contribution in [3.63, 3.8) is 0 Å². The number of rotatable bonds is 2. The van der Waals surface area contributed by atoms with Crippen LogP contribution in [0.4, 0.5) is 0 Å². The molecule has 0 aliphatic rings. The van der Waals surface area contributed by atoms with E-state index in [4.69, 9.17) is 0 Å². The van der Waals surface area contributed by atoms with Crippen molar-refractivity contribution >= 4 is 11.1 Å². The third-order valence-corrected chi connectivity index (χ3v) is 2.81. The van der Waals surface area contributed by atoms with E-state index in [2.05, 4.69) is 0 Å². The first-order valence-corrected chi connectivity index (χ1v) is 5.59. The minimum absolute atomic E-state index is 0.315. The van der Waals surface area contributed by atoms with E-state index in [0.29, 0.717) is 4.90 Å². The van der Waals surface area contributed by atoms with E-state index >= 15 is 0 Å². The maximum atomic E-state index is 10.6. The highest BCUT2D eigenvalue weighted by atomic mass is 32.2. The van der Waals surface area contributed by atoms with Crippen LogP contribution in [0.3, 0.4) is 0 Å². The topological polar surface area (TPSA) is 40.1 Å². The number of hydrogen-bond acceptors (Lipinski definition) is 2. The number of hydrogen-bond donors (Lipinski definition) is 0. The number of benzene rings is 2. The largest absolute Gasteiger partial charge is 0.768 e. The van der Waals surface area contributed by atoms with Gasteiger partial charge in [-0.2, -0.15) is 0 Å². The molecular formula is C12H9O2S-. The highest BCUT2D eigenvalue weighted by Crippen LogP contribution is 2.19. The fourth-order valence-electron chi connectivity index (χ4n) is 1.39. The van der Waals surface area contributed by atoms with E-state index in [1.54, 1.807) is 24.3 Å². The van der Waals surface area contributed by atoms with Crippen molar-refractivity contribution in [1.29, 1.82) is 0 Å². The molecule has 0 saturated heterocycles. The van der Waals surface area contributed by atoms with Gasteiger partial charge in [0, 0.05) is 4.90 Å². The van der Waals surface area contributed by atoms with Gasteiger partial charge in [0.15, 0.2) is 0 Å².